The van der Waals surface area contributed by atoms with Gasteiger partial charge in [0, 0.05) is 31.5 Å². The molecule has 0 unspecified atom stereocenters. The summed E-state index contributed by atoms with van der Waals surface area (Å²) < 4.78 is 2.69. The summed E-state index contributed by atoms with van der Waals surface area (Å²) in [6, 6.07) is 43.1. The van der Waals surface area contributed by atoms with Crippen LogP contribution in [-0.2, 0) is 0 Å². The van der Waals surface area contributed by atoms with Gasteiger partial charge >= 0.3 is 0 Å². The molecule has 6 aromatic rings. The zero-order valence-corrected chi connectivity index (χ0v) is 24.3. The highest BCUT2D eigenvalue weighted by Crippen LogP contribution is 2.40. The maximum Gasteiger partial charge on any atom is 0.0433 e. The Hall–Kier alpha value is -3.88. The fraction of sp³-hybridized carbons (Fsp3) is 0.167. The first-order valence-electron chi connectivity index (χ1n) is 13.8. The second kappa shape index (κ2) is 14.8. The lowest BCUT2D eigenvalue weighted by Gasteiger charge is -2.09. The van der Waals surface area contributed by atoms with Crippen molar-refractivity contribution in [3.63, 3.8) is 0 Å². The number of fused-ring (bicyclic) bond motifs is 3. The fourth-order valence-corrected chi connectivity index (χ4v) is 5.49. The van der Waals surface area contributed by atoms with Crippen LogP contribution in [0.15, 0.2) is 121 Å². The Morgan fingerprint density at radius 1 is 0.421 bits per heavy atom. The van der Waals surface area contributed by atoms with Gasteiger partial charge in [-0.2, -0.15) is 0 Å². The number of hydrogen-bond donors (Lipinski definition) is 1. The molecular formula is C36H39NS. The standard InChI is InChI=1S/C30H21NS.3C2H6/c1-2-7-21(8-3-1)22-13-17-24(18-14-22)31-25-19-15-23(16-20-25)26-10-6-11-28-27-9-4-5-12-29(27)32-30(26)28;3*1-2/h1-20,31H;3*1-2H3. The average molecular weight is 518 g/mol. The van der Waals surface area contributed by atoms with Gasteiger partial charge in [-0.3, -0.25) is 0 Å². The molecule has 1 nitrogen and oxygen atoms in total. The molecule has 0 atom stereocenters. The minimum Gasteiger partial charge on any atom is -0.356 e. The minimum absolute atomic E-state index is 1.09. The highest BCUT2D eigenvalue weighted by atomic mass is 32.1. The van der Waals surface area contributed by atoms with Gasteiger partial charge in [0.05, 0.1) is 0 Å². The molecule has 5 aromatic carbocycles. The number of anilines is 2. The monoisotopic (exact) mass is 517 g/mol. The van der Waals surface area contributed by atoms with Crippen LogP contribution < -0.4 is 5.32 Å². The molecule has 6 rings (SSSR count). The van der Waals surface area contributed by atoms with Crippen LogP contribution in [0.25, 0.3) is 42.4 Å². The Morgan fingerprint density at radius 2 is 0.921 bits per heavy atom. The summed E-state index contributed by atoms with van der Waals surface area (Å²) in [7, 11) is 0. The Balaban J connectivity index is 0.000000625. The maximum absolute atomic E-state index is 3.52. The normalized spacial score (nSPS) is 9.84. The summed E-state index contributed by atoms with van der Waals surface area (Å²) in [6.07, 6.45) is 0. The van der Waals surface area contributed by atoms with Crippen LogP contribution in [0, 0.1) is 0 Å². The minimum atomic E-state index is 1.09. The fourth-order valence-electron chi connectivity index (χ4n) is 4.25. The summed E-state index contributed by atoms with van der Waals surface area (Å²) >= 11 is 1.87. The quantitative estimate of drug-likeness (QED) is 0.245. The topological polar surface area (TPSA) is 12.0 Å². The van der Waals surface area contributed by atoms with Crippen molar-refractivity contribution in [1.82, 2.24) is 0 Å². The molecule has 0 saturated carbocycles. The zero-order chi connectivity index (χ0) is 27.3. The van der Waals surface area contributed by atoms with Crippen LogP contribution in [-0.4, -0.2) is 0 Å². The molecule has 1 aromatic heterocycles. The SMILES string of the molecule is CC.CC.CC.c1ccc(-c2ccc(Nc3ccc(-c4cccc5c4sc4ccccc45)cc3)cc2)cc1. The van der Waals surface area contributed by atoms with E-state index >= 15 is 0 Å². The molecular weight excluding hydrogens is 478 g/mol. The molecule has 0 radical (unpaired) electrons. The molecule has 0 aliphatic heterocycles. The van der Waals surface area contributed by atoms with Crippen molar-refractivity contribution in [2.75, 3.05) is 5.32 Å². The van der Waals surface area contributed by atoms with Gasteiger partial charge in [0.25, 0.3) is 0 Å². The summed E-state index contributed by atoms with van der Waals surface area (Å²) in [6.45, 7) is 12.0. The summed E-state index contributed by atoms with van der Waals surface area (Å²) in [5, 5.41) is 6.20. The Bertz CT molecular complexity index is 1510. The summed E-state index contributed by atoms with van der Waals surface area (Å²) in [4.78, 5) is 0. The molecule has 0 saturated heterocycles. The first kappa shape index (κ1) is 28.7. The van der Waals surface area contributed by atoms with Crippen molar-refractivity contribution in [3.8, 4) is 22.3 Å². The van der Waals surface area contributed by atoms with E-state index in [0.29, 0.717) is 0 Å². The van der Waals surface area contributed by atoms with Crippen molar-refractivity contribution in [3.05, 3.63) is 121 Å². The second-order valence-electron chi connectivity index (χ2n) is 7.93. The van der Waals surface area contributed by atoms with Gasteiger partial charge in [0.2, 0.25) is 0 Å². The zero-order valence-electron chi connectivity index (χ0n) is 23.5. The van der Waals surface area contributed by atoms with Gasteiger partial charge in [-0.05, 0) is 52.6 Å². The number of hydrogen-bond acceptors (Lipinski definition) is 2. The van der Waals surface area contributed by atoms with Crippen LogP contribution in [0.3, 0.4) is 0 Å². The van der Waals surface area contributed by atoms with Crippen molar-refractivity contribution < 1.29 is 0 Å². The third kappa shape index (κ3) is 6.51. The number of benzene rings is 5. The van der Waals surface area contributed by atoms with Crippen molar-refractivity contribution >= 4 is 42.9 Å². The molecule has 0 bridgehead atoms. The third-order valence-electron chi connectivity index (χ3n) is 5.88. The van der Waals surface area contributed by atoms with Gasteiger partial charge in [-0.15, -0.1) is 11.3 Å². The van der Waals surface area contributed by atoms with Crippen molar-refractivity contribution in [2.45, 2.75) is 41.5 Å². The average Bonchev–Trinajstić information content (AvgIpc) is 3.41. The Kier molecular flexibility index (Phi) is 11.1. The van der Waals surface area contributed by atoms with Crippen molar-refractivity contribution in [2.24, 2.45) is 0 Å². The number of rotatable bonds is 4. The molecule has 2 heteroatoms. The van der Waals surface area contributed by atoms with Gasteiger partial charge in [0.15, 0.2) is 0 Å². The maximum atomic E-state index is 3.52. The molecule has 0 aliphatic rings. The molecule has 1 heterocycles. The van der Waals surface area contributed by atoms with E-state index in [-0.39, 0.29) is 0 Å². The number of nitrogens with one attached hydrogen (secondary N) is 1. The first-order valence-corrected chi connectivity index (χ1v) is 14.6. The molecule has 0 aliphatic carbocycles. The van der Waals surface area contributed by atoms with Crippen LogP contribution >= 0.6 is 11.3 Å². The van der Waals surface area contributed by atoms with E-state index in [1.54, 1.807) is 0 Å². The van der Waals surface area contributed by atoms with Gasteiger partial charge in [0.1, 0.15) is 0 Å². The van der Waals surface area contributed by atoms with Crippen LogP contribution in [0.1, 0.15) is 41.5 Å². The lowest BCUT2D eigenvalue weighted by atomic mass is 10.0. The first-order chi connectivity index (χ1) is 18.8. The van der Waals surface area contributed by atoms with Gasteiger partial charge in [-0.1, -0.05) is 133 Å². The van der Waals surface area contributed by atoms with E-state index in [4.69, 9.17) is 0 Å². The smallest absolute Gasteiger partial charge is 0.0433 e. The molecule has 1 N–H and O–H groups in total. The largest absolute Gasteiger partial charge is 0.356 e. The second-order valence-corrected chi connectivity index (χ2v) is 8.98. The highest BCUT2D eigenvalue weighted by Gasteiger charge is 2.10. The van der Waals surface area contributed by atoms with Crippen molar-refractivity contribution in [1.29, 1.82) is 0 Å². The molecule has 0 amide bonds. The van der Waals surface area contributed by atoms with Crippen LogP contribution in [0.4, 0.5) is 11.4 Å². The van der Waals surface area contributed by atoms with E-state index in [2.05, 4.69) is 121 Å². The van der Waals surface area contributed by atoms with E-state index in [1.807, 2.05) is 58.9 Å². The van der Waals surface area contributed by atoms with Crippen LogP contribution in [0.2, 0.25) is 0 Å². The lowest BCUT2D eigenvalue weighted by Crippen LogP contribution is -1.90. The molecule has 0 fully saturated rings. The number of thiophene rings is 1. The van der Waals surface area contributed by atoms with Gasteiger partial charge < -0.3 is 5.32 Å². The predicted octanol–water partition coefficient (Wildman–Crippen LogP) is 12.2. The predicted molar refractivity (Wildman–Crippen MR) is 174 cm³/mol. The summed E-state index contributed by atoms with van der Waals surface area (Å²) in [5.41, 5.74) is 7.17. The highest BCUT2D eigenvalue weighted by molar-refractivity contribution is 7.26. The van der Waals surface area contributed by atoms with Crippen LogP contribution in [0.5, 0.6) is 0 Å². The third-order valence-corrected chi connectivity index (χ3v) is 7.10. The van der Waals surface area contributed by atoms with E-state index in [0.717, 1.165) is 11.4 Å². The Labute approximate surface area is 232 Å². The summed E-state index contributed by atoms with van der Waals surface area (Å²) in [5.74, 6) is 0. The molecule has 0 spiro atoms. The Morgan fingerprint density at radius 3 is 1.55 bits per heavy atom. The molecule has 38 heavy (non-hydrogen) atoms. The lowest BCUT2D eigenvalue weighted by molar-refractivity contribution is 1.50. The van der Waals surface area contributed by atoms with E-state index < -0.39 is 0 Å². The van der Waals surface area contributed by atoms with Gasteiger partial charge in [-0.25, -0.2) is 0 Å². The van der Waals surface area contributed by atoms with E-state index in [1.165, 1.54) is 42.4 Å². The van der Waals surface area contributed by atoms with E-state index in [9.17, 15) is 0 Å². The molecule has 194 valence electrons.